The Labute approximate surface area is 188 Å². The standard InChI is InChI=1S/C22H19N5O3S2/c1-14-6-8-17(9-7-14)32(28,29)22-21-24-20(19-18(10-11-31-19)27(21)26-25-22)23-13-15-4-3-5-16(12-15)30-2/h3-12H,13H2,1-2H3,(H,23,24). The zero-order valence-electron chi connectivity index (χ0n) is 17.3. The van der Waals surface area contributed by atoms with Gasteiger partial charge in [-0.25, -0.2) is 13.4 Å². The van der Waals surface area contributed by atoms with E-state index in [1.807, 2.05) is 42.6 Å². The number of hydrogen-bond acceptors (Lipinski definition) is 8. The largest absolute Gasteiger partial charge is 0.497 e. The number of benzene rings is 2. The second kappa shape index (κ2) is 7.88. The van der Waals surface area contributed by atoms with Crippen molar-refractivity contribution in [2.24, 2.45) is 0 Å². The van der Waals surface area contributed by atoms with E-state index in [0.717, 1.165) is 27.1 Å². The molecule has 0 aliphatic carbocycles. The zero-order valence-corrected chi connectivity index (χ0v) is 18.9. The van der Waals surface area contributed by atoms with Gasteiger partial charge in [0.1, 0.15) is 11.6 Å². The highest BCUT2D eigenvalue weighted by Crippen LogP contribution is 2.31. The lowest BCUT2D eigenvalue weighted by Crippen LogP contribution is -2.07. The molecular formula is C22H19N5O3S2. The highest BCUT2D eigenvalue weighted by Gasteiger charge is 2.27. The van der Waals surface area contributed by atoms with Crippen molar-refractivity contribution in [2.45, 2.75) is 23.4 Å². The molecule has 0 aliphatic rings. The third-order valence-corrected chi connectivity index (χ3v) is 7.68. The summed E-state index contributed by atoms with van der Waals surface area (Å²) in [6, 6.07) is 16.2. The molecule has 0 aliphatic heterocycles. The normalized spacial score (nSPS) is 11.8. The van der Waals surface area contributed by atoms with Crippen molar-refractivity contribution in [1.29, 1.82) is 0 Å². The van der Waals surface area contributed by atoms with Gasteiger partial charge in [0.2, 0.25) is 14.9 Å². The van der Waals surface area contributed by atoms with E-state index in [-0.39, 0.29) is 15.6 Å². The average molecular weight is 466 g/mol. The van der Waals surface area contributed by atoms with Crippen LogP contribution in [0.15, 0.2) is 69.9 Å². The molecule has 0 saturated carbocycles. The van der Waals surface area contributed by atoms with Gasteiger partial charge in [-0.1, -0.05) is 35.0 Å². The Morgan fingerprint density at radius 2 is 1.94 bits per heavy atom. The fraction of sp³-hybridized carbons (Fsp3) is 0.136. The number of hydrogen-bond donors (Lipinski definition) is 1. The van der Waals surface area contributed by atoms with Gasteiger partial charge in [-0.05, 0) is 48.2 Å². The molecule has 0 amide bonds. The summed E-state index contributed by atoms with van der Waals surface area (Å²) >= 11 is 1.50. The van der Waals surface area contributed by atoms with Gasteiger partial charge >= 0.3 is 0 Å². The minimum atomic E-state index is -3.88. The summed E-state index contributed by atoms with van der Waals surface area (Å²) in [6.07, 6.45) is 0. The molecule has 5 aromatic rings. The number of sulfone groups is 1. The van der Waals surface area contributed by atoms with Crippen molar-refractivity contribution in [3.63, 3.8) is 0 Å². The predicted molar refractivity (Wildman–Crippen MR) is 123 cm³/mol. The minimum Gasteiger partial charge on any atom is -0.497 e. The number of methoxy groups -OCH3 is 1. The molecule has 162 valence electrons. The first-order valence-electron chi connectivity index (χ1n) is 9.78. The first-order chi connectivity index (χ1) is 15.5. The lowest BCUT2D eigenvalue weighted by molar-refractivity contribution is 0.414. The van der Waals surface area contributed by atoms with Gasteiger partial charge in [0.15, 0.2) is 5.65 Å². The number of ether oxygens (including phenoxy) is 1. The van der Waals surface area contributed by atoms with Gasteiger partial charge < -0.3 is 10.1 Å². The molecule has 0 saturated heterocycles. The van der Waals surface area contributed by atoms with Gasteiger partial charge in [0.25, 0.3) is 0 Å². The van der Waals surface area contributed by atoms with E-state index in [1.54, 1.807) is 31.4 Å². The Balaban J connectivity index is 1.59. The van der Waals surface area contributed by atoms with Crippen LogP contribution in [0.2, 0.25) is 0 Å². The molecule has 0 atom stereocenters. The van der Waals surface area contributed by atoms with E-state index in [4.69, 9.17) is 4.74 Å². The highest BCUT2D eigenvalue weighted by molar-refractivity contribution is 7.91. The molecule has 2 aromatic carbocycles. The maximum absolute atomic E-state index is 13.3. The van der Waals surface area contributed by atoms with Crippen LogP contribution in [0.1, 0.15) is 11.1 Å². The number of thiophene rings is 1. The van der Waals surface area contributed by atoms with E-state index >= 15 is 0 Å². The average Bonchev–Trinajstić information content (AvgIpc) is 3.45. The smallest absolute Gasteiger partial charge is 0.229 e. The summed E-state index contributed by atoms with van der Waals surface area (Å²) in [5.41, 5.74) is 2.91. The number of aryl methyl sites for hydroxylation is 1. The Morgan fingerprint density at radius 1 is 1.12 bits per heavy atom. The number of rotatable bonds is 6. The van der Waals surface area contributed by atoms with Crippen molar-refractivity contribution < 1.29 is 13.2 Å². The Bertz CT molecular complexity index is 1540. The van der Waals surface area contributed by atoms with Crippen molar-refractivity contribution in [3.8, 4) is 5.75 Å². The van der Waals surface area contributed by atoms with E-state index in [1.165, 1.54) is 15.9 Å². The molecule has 3 heterocycles. The monoisotopic (exact) mass is 465 g/mol. The molecule has 3 aromatic heterocycles. The van der Waals surface area contributed by atoms with Crippen LogP contribution in [0.4, 0.5) is 5.82 Å². The minimum absolute atomic E-state index is 0.156. The van der Waals surface area contributed by atoms with E-state index in [0.29, 0.717) is 12.4 Å². The van der Waals surface area contributed by atoms with Crippen LogP contribution in [0.25, 0.3) is 15.9 Å². The first-order valence-corrected chi connectivity index (χ1v) is 12.1. The molecule has 5 rings (SSSR count). The number of nitrogens with zero attached hydrogens (tertiary/aromatic N) is 4. The van der Waals surface area contributed by atoms with Crippen LogP contribution in [-0.4, -0.2) is 35.3 Å². The fourth-order valence-electron chi connectivity index (χ4n) is 3.41. The molecule has 0 unspecified atom stereocenters. The SMILES string of the molecule is COc1cccc(CNc2nc3c(S(=O)(=O)c4ccc(C)cc4)nnn3c3ccsc23)c1. The van der Waals surface area contributed by atoms with Gasteiger partial charge in [0.05, 0.1) is 22.2 Å². The van der Waals surface area contributed by atoms with E-state index in [2.05, 4.69) is 20.6 Å². The second-order valence-corrected chi connectivity index (χ2v) is 10.0. The predicted octanol–water partition coefficient (Wildman–Crippen LogP) is 4.10. The first kappa shape index (κ1) is 20.4. The highest BCUT2D eigenvalue weighted by atomic mass is 32.2. The third kappa shape index (κ3) is 3.47. The van der Waals surface area contributed by atoms with Gasteiger partial charge in [-0.2, -0.15) is 4.52 Å². The maximum atomic E-state index is 13.3. The number of fused-ring (bicyclic) bond motifs is 3. The Kier molecular flexibility index (Phi) is 5.03. The molecule has 0 spiro atoms. The van der Waals surface area contributed by atoms with Crippen molar-refractivity contribution in [1.82, 2.24) is 19.8 Å². The quantitative estimate of drug-likeness (QED) is 0.403. The molecule has 32 heavy (non-hydrogen) atoms. The van der Waals surface area contributed by atoms with Crippen molar-refractivity contribution in [2.75, 3.05) is 12.4 Å². The summed E-state index contributed by atoms with van der Waals surface area (Å²) in [4.78, 5) is 4.79. The summed E-state index contributed by atoms with van der Waals surface area (Å²) in [5.74, 6) is 1.34. The molecule has 0 fully saturated rings. The molecule has 0 radical (unpaired) electrons. The number of anilines is 1. The lowest BCUT2D eigenvalue weighted by Gasteiger charge is -2.09. The molecular weight excluding hydrogens is 446 g/mol. The van der Waals surface area contributed by atoms with Crippen LogP contribution >= 0.6 is 11.3 Å². The Morgan fingerprint density at radius 3 is 2.72 bits per heavy atom. The van der Waals surface area contributed by atoms with Crippen LogP contribution in [-0.2, 0) is 16.4 Å². The van der Waals surface area contributed by atoms with Gasteiger partial charge in [-0.15, -0.1) is 16.4 Å². The van der Waals surface area contributed by atoms with E-state index in [9.17, 15) is 8.42 Å². The van der Waals surface area contributed by atoms with Gasteiger partial charge in [-0.3, -0.25) is 0 Å². The molecule has 8 nitrogen and oxygen atoms in total. The molecule has 1 N–H and O–H groups in total. The van der Waals surface area contributed by atoms with Crippen molar-refractivity contribution >= 4 is 42.9 Å². The van der Waals surface area contributed by atoms with Crippen LogP contribution in [0.3, 0.4) is 0 Å². The van der Waals surface area contributed by atoms with Gasteiger partial charge in [0, 0.05) is 6.54 Å². The Hall–Kier alpha value is -3.50. The topological polar surface area (TPSA) is 98.5 Å². The number of nitrogens with one attached hydrogen (secondary N) is 1. The summed E-state index contributed by atoms with van der Waals surface area (Å²) in [5, 5.41) is 13.2. The number of aromatic nitrogens is 4. The zero-order chi connectivity index (χ0) is 22.3. The van der Waals surface area contributed by atoms with Crippen LogP contribution in [0.5, 0.6) is 5.75 Å². The van der Waals surface area contributed by atoms with E-state index < -0.39 is 9.84 Å². The summed E-state index contributed by atoms with van der Waals surface area (Å²) < 4.78 is 34.2. The van der Waals surface area contributed by atoms with Crippen molar-refractivity contribution in [3.05, 3.63) is 71.1 Å². The fourth-order valence-corrected chi connectivity index (χ4v) is 5.49. The maximum Gasteiger partial charge on any atom is 0.229 e. The third-order valence-electron chi connectivity index (χ3n) is 5.10. The van der Waals surface area contributed by atoms with Crippen LogP contribution < -0.4 is 10.1 Å². The molecule has 0 bridgehead atoms. The second-order valence-electron chi connectivity index (χ2n) is 7.25. The lowest BCUT2D eigenvalue weighted by atomic mass is 10.2. The van der Waals surface area contributed by atoms with Crippen LogP contribution in [0, 0.1) is 6.92 Å². The molecule has 10 heteroatoms. The summed E-state index contributed by atoms with van der Waals surface area (Å²) in [6.45, 7) is 2.40. The summed E-state index contributed by atoms with van der Waals surface area (Å²) in [7, 11) is -2.26.